The molecule has 1 aromatic rings. The van der Waals surface area contributed by atoms with Crippen molar-refractivity contribution < 1.29 is 5.11 Å². The standard InChI is InChI=1S/C12H20N2O/c1-9(8-10(2)15)14-11(3)12-4-6-13-7-5-12/h4-7,9-11,14-15H,8H2,1-3H3. The van der Waals surface area contributed by atoms with Crippen LogP contribution in [0.15, 0.2) is 24.5 Å². The average Bonchev–Trinajstić information content (AvgIpc) is 2.17. The average molecular weight is 208 g/mol. The van der Waals surface area contributed by atoms with Crippen molar-refractivity contribution in [3.8, 4) is 0 Å². The van der Waals surface area contributed by atoms with E-state index < -0.39 is 0 Å². The lowest BCUT2D eigenvalue weighted by atomic mass is 10.1. The molecule has 1 rings (SSSR count). The van der Waals surface area contributed by atoms with Gasteiger partial charge in [-0.05, 0) is 44.9 Å². The molecule has 1 aromatic heterocycles. The molecule has 0 aliphatic carbocycles. The van der Waals surface area contributed by atoms with E-state index in [1.807, 2.05) is 19.1 Å². The van der Waals surface area contributed by atoms with Crippen LogP contribution in [0.5, 0.6) is 0 Å². The zero-order valence-corrected chi connectivity index (χ0v) is 9.64. The second kappa shape index (κ2) is 5.83. The maximum atomic E-state index is 9.26. The molecule has 2 N–H and O–H groups in total. The molecule has 0 bridgehead atoms. The molecule has 0 saturated heterocycles. The van der Waals surface area contributed by atoms with E-state index in [0.717, 1.165) is 6.42 Å². The Kier molecular flexibility index (Phi) is 4.72. The lowest BCUT2D eigenvalue weighted by Crippen LogP contribution is -2.31. The predicted molar refractivity (Wildman–Crippen MR) is 61.5 cm³/mol. The first-order chi connectivity index (χ1) is 7.09. The SMILES string of the molecule is CC(O)CC(C)NC(C)c1ccncc1. The van der Waals surface area contributed by atoms with Crippen LogP contribution in [0.25, 0.3) is 0 Å². The number of aromatic nitrogens is 1. The Balaban J connectivity index is 2.45. The highest BCUT2D eigenvalue weighted by Crippen LogP contribution is 2.12. The number of nitrogens with zero attached hydrogens (tertiary/aromatic N) is 1. The van der Waals surface area contributed by atoms with Gasteiger partial charge in [-0.3, -0.25) is 4.98 Å². The zero-order chi connectivity index (χ0) is 11.3. The summed E-state index contributed by atoms with van der Waals surface area (Å²) in [6.45, 7) is 6.02. The smallest absolute Gasteiger partial charge is 0.0526 e. The summed E-state index contributed by atoms with van der Waals surface area (Å²) in [7, 11) is 0. The van der Waals surface area contributed by atoms with Crippen LogP contribution >= 0.6 is 0 Å². The van der Waals surface area contributed by atoms with Crippen molar-refractivity contribution in [3.05, 3.63) is 30.1 Å². The van der Waals surface area contributed by atoms with Crippen LogP contribution in [0, 0.1) is 0 Å². The van der Waals surface area contributed by atoms with Crippen molar-refractivity contribution in [3.63, 3.8) is 0 Å². The fraction of sp³-hybridized carbons (Fsp3) is 0.583. The molecule has 0 aliphatic heterocycles. The molecule has 0 amide bonds. The van der Waals surface area contributed by atoms with Crippen molar-refractivity contribution in [2.24, 2.45) is 0 Å². The van der Waals surface area contributed by atoms with Crippen LogP contribution in [0.3, 0.4) is 0 Å². The molecule has 84 valence electrons. The number of aliphatic hydroxyl groups excluding tert-OH is 1. The summed E-state index contributed by atoms with van der Waals surface area (Å²) in [5.41, 5.74) is 1.22. The van der Waals surface area contributed by atoms with Crippen LogP contribution in [0.4, 0.5) is 0 Å². The molecule has 1 heterocycles. The molecule has 3 unspecified atom stereocenters. The minimum atomic E-state index is -0.253. The summed E-state index contributed by atoms with van der Waals surface area (Å²) in [4.78, 5) is 3.99. The molecule has 0 radical (unpaired) electrons. The molecular weight excluding hydrogens is 188 g/mol. The van der Waals surface area contributed by atoms with E-state index in [0.29, 0.717) is 12.1 Å². The van der Waals surface area contributed by atoms with Gasteiger partial charge in [0.05, 0.1) is 6.10 Å². The van der Waals surface area contributed by atoms with E-state index in [9.17, 15) is 5.11 Å². The van der Waals surface area contributed by atoms with Crippen molar-refractivity contribution in [1.82, 2.24) is 10.3 Å². The molecule has 0 fully saturated rings. The molecular formula is C12H20N2O. The molecule has 0 aliphatic rings. The first kappa shape index (κ1) is 12.1. The molecule has 3 atom stereocenters. The topological polar surface area (TPSA) is 45.1 Å². The third-order valence-corrected chi connectivity index (χ3v) is 2.44. The van der Waals surface area contributed by atoms with Crippen LogP contribution in [0.1, 0.15) is 38.8 Å². The van der Waals surface area contributed by atoms with Gasteiger partial charge in [0.15, 0.2) is 0 Å². The number of rotatable bonds is 5. The van der Waals surface area contributed by atoms with Gasteiger partial charge >= 0.3 is 0 Å². The highest BCUT2D eigenvalue weighted by Gasteiger charge is 2.10. The predicted octanol–water partition coefficient (Wildman–Crippen LogP) is 1.89. The van der Waals surface area contributed by atoms with Crippen LogP contribution < -0.4 is 5.32 Å². The van der Waals surface area contributed by atoms with E-state index in [-0.39, 0.29) is 6.10 Å². The van der Waals surface area contributed by atoms with Crippen molar-refractivity contribution in [2.75, 3.05) is 0 Å². The van der Waals surface area contributed by atoms with Gasteiger partial charge in [0, 0.05) is 24.5 Å². The highest BCUT2D eigenvalue weighted by molar-refractivity contribution is 5.14. The van der Waals surface area contributed by atoms with E-state index >= 15 is 0 Å². The van der Waals surface area contributed by atoms with Crippen molar-refractivity contribution >= 4 is 0 Å². The fourth-order valence-corrected chi connectivity index (χ4v) is 1.75. The summed E-state index contributed by atoms with van der Waals surface area (Å²) in [6, 6.07) is 4.62. The largest absolute Gasteiger partial charge is 0.393 e. The van der Waals surface area contributed by atoms with Crippen LogP contribution in [-0.4, -0.2) is 22.2 Å². The van der Waals surface area contributed by atoms with Gasteiger partial charge in [-0.15, -0.1) is 0 Å². The summed E-state index contributed by atoms with van der Waals surface area (Å²) in [5, 5.41) is 12.7. The summed E-state index contributed by atoms with van der Waals surface area (Å²) < 4.78 is 0. The van der Waals surface area contributed by atoms with Crippen molar-refractivity contribution in [1.29, 1.82) is 0 Å². The third kappa shape index (κ3) is 4.40. The Labute approximate surface area is 91.5 Å². The third-order valence-electron chi connectivity index (χ3n) is 2.44. The first-order valence-electron chi connectivity index (χ1n) is 5.43. The van der Waals surface area contributed by atoms with E-state index in [1.54, 1.807) is 12.4 Å². The lowest BCUT2D eigenvalue weighted by Gasteiger charge is -2.21. The van der Waals surface area contributed by atoms with Gasteiger partial charge < -0.3 is 10.4 Å². The quantitative estimate of drug-likeness (QED) is 0.776. The number of hydrogen-bond acceptors (Lipinski definition) is 3. The molecule has 3 nitrogen and oxygen atoms in total. The van der Waals surface area contributed by atoms with Crippen LogP contribution in [-0.2, 0) is 0 Å². The Morgan fingerprint density at radius 3 is 2.40 bits per heavy atom. The van der Waals surface area contributed by atoms with E-state index in [1.165, 1.54) is 5.56 Å². The minimum Gasteiger partial charge on any atom is -0.393 e. The summed E-state index contributed by atoms with van der Waals surface area (Å²) in [6.07, 6.45) is 4.12. The number of hydrogen-bond donors (Lipinski definition) is 2. The highest BCUT2D eigenvalue weighted by atomic mass is 16.3. The van der Waals surface area contributed by atoms with Crippen molar-refractivity contribution in [2.45, 2.75) is 45.4 Å². The summed E-state index contributed by atoms with van der Waals surface area (Å²) in [5.74, 6) is 0. The first-order valence-corrected chi connectivity index (χ1v) is 5.43. The second-order valence-electron chi connectivity index (χ2n) is 4.15. The molecule has 0 aromatic carbocycles. The Hall–Kier alpha value is -0.930. The molecule has 3 heteroatoms. The van der Waals surface area contributed by atoms with E-state index in [4.69, 9.17) is 0 Å². The fourth-order valence-electron chi connectivity index (χ4n) is 1.75. The molecule has 15 heavy (non-hydrogen) atoms. The molecule has 0 saturated carbocycles. The zero-order valence-electron chi connectivity index (χ0n) is 9.64. The second-order valence-corrected chi connectivity index (χ2v) is 4.15. The normalized spacial score (nSPS) is 17.1. The molecule has 0 spiro atoms. The number of nitrogens with one attached hydrogen (secondary N) is 1. The lowest BCUT2D eigenvalue weighted by molar-refractivity contribution is 0.168. The number of aliphatic hydroxyl groups is 1. The Morgan fingerprint density at radius 2 is 1.87 bits per heavy atom. The van der Waals surface area contributed by atoms with Gasteiger partial charge in [0.2, 0.25) is 0 Å². The van der Waals surface area contributed by atoms with Gasteiger partial charge in [-0.25, -0.2) is 0 Å². The van der Waals surface area contributed by atoms with Crippen LogP contribution in [0.2, 0.25) is 0 Å². The minimum absolute atomic E-state index is 0.253. The van der Waals surface area contributed by atoms with Gasteiger partial charge in [0.1, 0.15) is 0 Å². The van der Waals surface area contributed by atoms with Gasteiger partial charge in [0.25, 0.3) is 0 Å². The Bertz CT molecular complexity index is 274. The maximum absolute atomic E-state index is 9.26. The van der Waals surface area contributed by atoms with E-state index in [2.05, 4.69) is 24.1 Å². The monoisotopic (exact) mass is 208 g/mol. The maximum Gasteiger partial charge on any atom is 0.0526 e. The van der Waals surface area contributed by atoms with Gasteiger partial charge in [-0.2, -0.15) is 0 Å². The van der Waals surface area contributed by atoms with Gasteiger partial charge in [-0.1, -0.05) is 0 Å². The summed E-state index contributed by atoms with van der Waals surface area (Å²) >= 11 is 0. The number of pyridine rings is 1. The Morgan fingerprint density at radius 1 is 1.27 bits per heavy atom.